The quantitative estimate of drug-likeness (QED) is 0.550. The van der Waals surface area contributed by atoms with Gasteiger partial charge in [0.05, 0.1) is 13.2 Å². The molecule has 0 radical (unpaired) electrons. The third-order valence-electron chi connectivity index (χ3n) is 0.750. The monoisotopic (exact) mass is 147 g/mol. The maximum atomic E-state index is 10.6. The molecule has 0 rings (SSSR count). The van der Waals surface area contributed by atoms with Crippen LogP contribution in [0.25, 0.3) is 0 Å². The molecule has 0 atom stereocenters. The number of hydrogen-bond acceptors (Lipinski definition) is 3. The van der Waals surface area contributed by atoms with Crippen molar-refractivity contribution in [3.05, 3.63) is 0 Å². The molecule has 0 saturated heterocycles. The molecule has 60 valence electrons. The molecule has 0 spiro atoms. The molecule has 0 N–H and O–H groups in total. The lowest BCUT2D eigenvalue weighted by Gasteiger charge is -2.16. The Morgan fingerprint density at radius 1 is 1.30 bits per heavy atom. The van der Waals surface area contributed by atoms with Crippen LogP contribution in [0.4, 0.5) is 0 Å². The fourth-order valence-electron chi connectivity index (χ4n) is 0.454. The molecule has 10 heavy (non-hydrogen) atoms. The first kappa shape index (κ1) is 9.39. The second-order valence-electron chi connectivity index (χ2n) is 1.61. The van der Waals surface area contributed by atoms with Crippen LogP contribution in [0.15, 0.2) is 0 Å². The number of hydroxylamine groups is 2. The Morgan fingerprint density at radius 3 is 1.90 bits per heavy atom. The molecule has 0 aromatic rings. The highest BCUT2D eigenvalue weighted by Crippen LogP contribution is 1.91. The van der Waals surface area contributed by atoms with E-state index in [-0.39, 0.29) is 5.91 Å². The number of hydrogen-bond donors (Lipinski definition) is 0. The van der Waals surface area contributed by atoms with E-state index in [1.807, 2.05) is 0 Å². The first-order valence-electron chi connectivity index (χ1n) is 3.28. The zero-order chi connectivity index (χ0) is 7.98. The summed E-state index contributed by atoms with van der Waals surface area (Å²) in [5.41, 5.74) is 0. The summed E-state index contributed by atoms with van der Waals surface area (Å²) in [6.07, 6.45) is 0. The smallest absolute Gasteiger partial charge is 0.270 e. The number of amides is 1. The topological polar surface area (TPSA) is 38.8 Å². The van der Waals surface area contributed by atoms with Gasteiger partial charge in [-0.05, 0) is 13.8 Å². The van der Waals surface area contributed by atoms with Gasteiger partial charge in [0.1, 0.15) is 0 Å². The minimum atomic E-state index is -0.247. The highest BCUT2D eigenvalue weighted by atomic mass is 17.0. The van der Waals surface area contributed by atoms with Crippen molar-refractivity contribution in [3.8, 4) is 0 Å². The van der Waals surface area contributed by atoms with Gasteiger partial charge in [0.15, 0.2) is 0 Å². The zero-order valence-electron chi connectivity index (χ0n) is 6.59. The van der Waals surface area contributed by atoms with Gasteiger partial charge < -0.3 is 0 Å². The lowest BCUT2D eigenvalue weighted by molar-refractivity contribution is -0.337. The third kappa shape index (κ3) is 3.42. The lowest BCUT2D eigenvalue weighted by atomic mass is 10.7. The normalized spacial score (nSPS) is 9.50. The summed E-state index contributed by atoms with van der Waals surface area (Å²) in [4.78, 5) is 20.2. The summed E-state index contributed by atoms with van der Waals surface area (Å²) in [6.45, 7) is 5.81. The predicted molar refractivity (Wildman–Crippen MR) is 35.8 cm³/mol. The Balaban J connectivity index is 3.61. The van der Waals surface area contributed by atoms with E-state index in [1.165, 1.54) is 6.92 Å². The van der Waals surface area contributed by atoms with Crippen molar-refractivity contribution in [2.75, 3.05) is 13.2 Å². The number of carbonyl (C=O) groups is 1. The molecular weight excluding hydrogens is 134 g/mol. The van der Waals surface area contributed by atoms with Gasteiger partial charge in [0, 0.05) is 6.92 Å². The molecular formula is C6H13NO3. The predicted octanol–water partition coefficient (Wildman–Crippen LogP) is 0.738. The average molecular weight is 147 g/mol. The van der Waals surface area contributed by atoms with Crippen LogP contribution in [0.3, 0.4) is 0 Å². The molecule has 1 amide bonds. The molecule has 0 aromatic carbocycles. The van der Waals surface area contributed by atoms with Crippen molar-refractivity contribution in [1.29, 1.82) is 0 Å². The first-order valence-corrected chi connectivity index (χ1v) is 3.28. The van der Waals surface area contributed by atoms with E-state index in [1.54, 1.807) is 13.8 Å². The van der Waals surface area contributed by atoms with Gasteiger partial charge in [-0.15, -0.1) is 0 Å². The Labute approximate surface area is 60.6 Å². The van der Waals surface area contributed by atoms with E-state index in [2.05, 4.69) is 0 Å². The molecule has 0 unspecified atom stereocenters. The Morgan fingerprint density at radius 2 is 1.70 bits per heavy atom. The summed E-state index contributed by atoms with van der Waals surface area (Å²) in [5, 5.41) is 0.889. The summed E-state index contributed by atoms with van der Waals surface area (Å²) >= 11 is 0. The van der Waals surface area contributed by atoms with Gasteiger partial charge in [0.2, 0.25) is 0 Å². The van der Waals surface area contributed by atoms with Crippen LogP contribution in [-0.2, 0) is 14.5 Å². The van der Waals surface area contributed by atoms with Gasteiger partial charge in [-0.3, -0.25) is 4.79 Å². The van der Waals surface area contributed by atoms with Crippen LogP contribution in [-0.4, -0.2) is 24.3 Å². The fraction of sp³-hybridized carbons (Fsp3) is 0.833. The van der Waals surface area contributed by atoms with Crippen molar-refractivity contribution in [2.24, 2.45) is 0 Å². The highest BCUT2D eigenvalue weighted by molar-refractivity contribution is 5.70. The van der Waals surface area contributed by atoms with E-state index < -0.39 is 0 Å². The SMILES string of the molecule is CCON(OCC)C(C)=O. The Kier molecular flexibility index (Phi) is 4.88. The van der Waals surface area contributed by atoms with E-state index in [9.17, 15) is 4.79 Å². The molecule has 0 saturated carbocycles. The lowest BCUT2D eigenvalue weighted by Crippen LogP contribution is -2.29. The number of rotatable bonds is 4. The molecule has 0 aliphatic heterocycles. The minimum absolute atomic E-state index is 0.247. The van der Waals surface area contributed by atoms with Crippen molar-refractivity contribution in [1.82, 2.24) is 5.23 Å². The Bertz CT molecular complexity index is 99.2. The average Bonchev–Trinajstić information content (AvgIpc) is 1.87. The molecule has 4 nitrogen and oxygen atoms in total. The summed E-state index contributed by atoms with van der Waals surface area (Å²) in [5.74, 6) is -0.247. The molecule has 0 aromatic heterocycles. The van der Waals surface area contributed by atoms with Crippen LogP contribution < -0.4 is 0 Å². The van der Waals surface area contributed by atoms with Crippen LogP contribution >= 0.6 is 0 Å². The maximum Gasteiger partial charge on any atom is 0.270 e. The standard InChI is InChI=1S/C6H13NO3/c1-4-9-7(6(3)8)10-5-2/h4-5H2,1-3H3. The number of nitrogens with zero attached hydrogens (tertiary/aromatic N) is 1. The Hall–Kier alpha value is -0.610. The van der Waals surface area contributed by atoms with Gasteiger partial charge in [0.25, 0.3) is 5.91 Å². The van der Waals surface area contributed by atoms with Crippen molar-refractivity contribution in [2.45, 2.75) is 20.8 Å². The first-order chi connectivity index (χ1) is 4.72. The summed E-state index contributed by atoms with van der Waals surface area (Å²) in [7, 11) is 0. The molecule has 0 bridgehead atoms. The summed E-state index contributed by atoms with van der Waals surface area (Å²) < 4.78 is 0. The maximum absolute atomic E-state index is 10.6. The van der Waals surface area contributed by atoms with Crippen molar-refractivity contribution in [3.63, 3.8) is 0 Å². The van der Waals surface area contributed by atoms with Gasteiger partial charge in [-0.1, -0.05) is 5.23 Å². The second kappa shape index (κ2) is 5.20. The largest absolute Gasteiger partial charge is 0.270 e. The van der Waals surface area contributed by atoms with Crippen LogP contribution in [0.2, 0.25) is 0 Å². The molecule has 0 aliphatic carbocycles. The zero-order valence-corrected chi connectivity index (χ0v) is 6.59. The fourth-order valence-corrected chi connectivity index (χ4v) is 0.454. The van der Waals surface area contributed by atoms with E-state index >= 15 is 0 Å². The van der Waals surface area contributed by atoms with Gasteiger partial charge >= 0.3 is 0 Å². The number of carbonyl (C=O) groups excluding carboxylic acids is 1. The molecule has 0 fully saturated rings. The van der Waals surface area contributed by atoms with E-state index in [0.717, 1.165) is 5.23 Å². The van der Waals surface area contributed by atoms with Crippen LogP contribution in [0.5, 0.6) is 0 Å². The second-order valence-corrected chi connectivity index (χ2v) is 1.61. The van der Waals surface area contributed by atoms with Crippen molar-refractivity contribution < 1.29 is 14.5 Å². The van der Waals surface area contributed by atoms with Gasteiger partial charge in [-0.2, -0.15) is 0 Å². The summed E-state index contributed by atoms with van der Waals surface area (Å²) in [6, 6.07) is 0. The van der Waals surface area contributed by atoms with E-state index in [0.29, 0.717) is 13.2 Å². The van der Waals surface area contributed by atoms with Crippen LogP contribution in [0.1, 0.15) is 20.8 Å². The molecule has 4 heteroatoms. The molecule has 0 aliphatic rings. The van der Waals surface area contributed by atoms with Crippen LogP contribution in [0, 0.1) is 0 Å². The minimum Gasteiger partial charge on any atom is -0.270 e. The highest BCUT2D eigenvalue weighted by Gasteiger charge is 2.06. The van der Waals surface area contributed by atoms with Crippen molar-refractivity contribution >= 4 is 5.91 Å². The molecule has 0 heterocycles. The van der Waals surface area contributed by atoms with E-state index in [4.69, 9.17) is 9.68 Å². The van der Waals surface area contributed by atoms with Gasteiger partial charge in [-0.25, -0.2) is 9.68 Å². The third-order valence-corrected chi connectivity index (χ3v) is 0.750.